The smallest absolute Gasteiger partial charge is 0.159 e. The number of thiazole rings is 1. The molecule has 0 fully saturated rings. The molecule has 1 atom stereocenters. The standard InChI is InChI=1S/C6H9BrN2OS/c7-6-9-5(3-11-6)4(8)1-2-10/h3-4,10H,1-2,8H2. The van der Waals surface area contributed by atoms with Gasteiger partial charge >= 0.3 is 0 Å². The lowest BCUT2D eigenvalue weighted by Crippen LogP contribution is -2.11. The Bertz CT molecular complexity index is 228. The number of aliphatic hydroxyl groups is 1. The zero-order chi connectivity index (χ0) is 8.27. The highest BCUT2D eigenvalue weighted by molar-refractivity contribution is 9.11. The highest BCUT2D eigenvalue weighted by Crippen LogP contribution is 2.20. The first-order valence-corrected chi connectivity index (χ1v) is 4.88. The number of halogens is 1. The Balaban J connectivity index is 2.60. The predicted molar refractivity (Wildman–Crippen MR) is 48.4 cm³/mol. The van der Waals surface area contributed by atoms with Crippen molar-refractivity contribution >= 4 is 27.3 Å². The fourth-order valence-corrected chi connectivity index (χ4v) is 1.81. The van der Waals surface area contributed by atoms with E-state index in [9.17, 15) is 0 Å². The summed E-state index contributed by atoms with van der Waals surface area (Å²) < 4.78 is 0.834. The number of nitrogens with zero attached hydrogens (tertiary/aromatic N) is 1. The molecule has 0 bridgehead atoms. The van der Waals surface area contributed by atoms with Crippen LogP contribution in [0.2, 0.25) is 0 Å². The maximum absolute atomic E-state index is 8.59. The summed E-state index contributed by atoms with van der Waals surface area (Å²) in [6.45, 7) is 0.107. The third kappa shape index (κ3) is 2.52. The van der Waals surface area contributed by atoms with Crippen LogP contribution < -0.4 is 5.73 Å². The van der Waals surface area contributed by atoms with Crippen molar-refractivity contribution in [1.82, 2.24) is 4.98 Å². The van der Waals surface area contributed by atoms with E-state index in [1.54, 1.807) is 0 Å². The Morgan fingerprint density at radius 2 is 2.55 bits per heavy atom. The van der Waals surface area contributed by atoms with Crippen LogP contribution in [0.4, 0.5) is 0 Å². The second kappa shape index (κ2) is 4.15. The lowest BCUT2D eigenvalue weighted by molar-refractivity contribution is 0.276. The van der Waals surface area contributed by atoms with Crippen LogP contribution in [-0.2, 0) is 0 Å². The van der Waals surface area contributed by atoms with Crippen molar-refractivity contribution in [1.29, 1.82) is 0 Å². The van der Waals surface area contributed by atoms with Gasteiger partial charge in [0.1, 0.15) is 0 Å². The first kappa shape index (κ1) is 9.12. The molecule has 0 aliphatic rings. The molecule has 1 heterocycles. The number of hydrogen-bond donors (Lipinski definition) is 2. The molecule has 0 aromatic carbocycles. The van der Waals surface area contributed by atoms with Crippen LogP contribution in [0, 0.1) is 0 Å². The molecule has 1 unspecified atom stereocenters. The van der Waals surface area contributed by atoms with Crippen LogP contribution in [0.15, 0.2) is 9.30 Å². The minimum absolute atomic E-state index is 0.107. The molecule has 1 aromatic rings. The summed E-state index contributed by atoms with van der Waals surface area (Å²) in [6, 6.07) is -0.137. The molecule has 11 heavy (non-hydrogen) atoms. The topological polar surface area (TPSA) is 59.1 Å². The van der Waals surface area contributed by atoms with Crippen molar-refractivity contribution in [2.24, 2.45) is 5.73 Å². The third-order valence-electron chi connectivity index (χ3n) is 1.31. The molecule has 1 rings (SSSR count). The van der Waals surface area contributed by atoms with Crippen LogP contribution >= 0.6 is 27.3 Å². The molecular weight excluding hydrogens is 228 g/mol. The van der Waals surface area contributed by atoms with Crippen molar-refractivity contribution < 1.29 is 5.11 Å². The molecule has 3 N–H and O–H groups in total. The average molecular weight is 237 g/mol. The van der Waals surface area contributed by atoms with Crippen LogP contribution in [0.5, 0.6) is 0 Å². The van der Waals surface area contributed by atoms with E-state index in [1.807, 2.05) is 5.38 Å². The normalized spacial score (nSPS) is 13.4. The van der Waals surface area contributed by atoms with Gasteiger partial charge in [0.25, 0.3) is 0 Å². The molecule has 0 saturated heterocycles. The van der Waals surface area contributed by atoms with E-state index in [0.29, 0.717) is 6.42 Å². The van der Waals surface area contributed by atoms with Gasteiger partial charge in [0.2, 0.25) is 0 Å². The van der Waals surface area contributed by atoms with Gasteiger partial charge < -0.3 is 10.8 Å². The number of nitrogens with two attached hydrogens (primary N) is 1. The zero-order valence-corrected chi connectivity index (χ0v) is 8.23. The van der Waals surface area contributed by atoms with Crippen LogP contribution in [0.25, 0.3) is 0 Å². The van der Waals surface area contributed by atoms with Gasteiger partial charge in [-0.05, 0) is 22.4 Å². The van der Waals surface area contributed by atoms with Crippen molar-refractivity contribution in [3.05, 3.63) is 15.0 Å². The van der Waals surface area contributed by atoms with Crippen LogP contribution in [-0.4, -0.2) is 16.7 Å². The summed E-state index contributed by atoms with van der Waals surface area (Å²) >= 11 is 4.74. The minimum Gasteiger partial charge on any atom is -0.396 e. The molecule has 0 saturated carbocycles. The lowest BCUT2D eigenvalue weighted by atomic mass is 10.2. The second-order valence-corrected chi connectivity index (χ2v) is 4.28. The van der Waals surface area contributed by atoms with Crippen molar-refractivity contribution in [2.75, 3.05) is 6.61 Å². The molecule has 3 nitrogen and oxygen atoms in total. The van der Waals surface area contributed by atoms with Crippen molar-refractivity contribution in [2.45, 2.75) is 12.5 Å². The van der Waals surface area contributed by atoms with E-state index < -0.39 is 0 Å². The van der Waals surface area contributed by atoms with Gasteiger partial charge in [0.05, 0.1) is 11.7 Å². The van der Waals surface area contributed by atoms with Gasteiger partial charge in [-0.15, -0.1) is 11.3 Å². The van der Waals surface area contributed by atoms with E-state index in [2.05, 4.69) is 20.9 Å². The summed E-state index contributed by atoms with van der Waals surface area (Å²) in [5.41, 5.74) is 6.53. The summed E-state index contributed by atoms with van der Waals surface area (Å²) in [7, 11) is 0. The first-order chi connectivity index (χ1) is 5.24. The molecule has 0 aliphatic heterocycles. The Hall–Kier alpha value is 0.0300. The molecule has 1 aromatic heterocycles. The van der Waals surface area contributed by atoms with E-state index in [0.717, 1.165) is 9.61 Å². The average Bonchev–Trinajstić information content (AvgIpc) is 2.36. The molecule has 0 radical (unpaired) electrons. The van der Waals surface area contributed by atoms with E-state index in [1.165, 1.54) is 11.3 Å². The fraction of sp³-hybridized carbons (Fsp3) is 0.500. The first-order valence-electron chi connectivity index (χ1n) is 3.21. The van der Waals surface area contributed by atoms with Crippen LogP contribution in [0.3, 0.4) is 0 Å². The van der Waals surface area contributed by atoms with Gasteiger partial charge in [0, 0.05) is 12.0 Å². The van der Waals surface area contributed by atoms with Gasteiger partial charge in [-0.25, -0.2) is 4.98 Å². The van der Waals surface area contributed by atoms with E-state index in [-0.39, 0.29) is 12.6 Å². The number of hydrogen-bond acceptors (Lipinski definition) is 4. The Morgan fingerprint density at radius 3 is 3.00 bits per heavy atom. The zero-order valence-electron chi connectivity index (χ0n) is 5.83. The van der Waals surface area contributed by atoms with Gasteiger partial charge in [0.15, 0.2) is 3.92 Å². The maximum atomic E-state index is 8.59. The van der Waals surface area contributed by atoms with Crippen LogP contribution in [0.1, 0.15) is 18.2 Å². The van der Waals surface area contributed by atoms with Gasteiger partial charge in [-0.1, -0.05) is 0 Å². The van der Waals surface area contributed by atoms with Crippen molar-refractivity contribution in [3.8, 4) is 0 Å². The molecule has 62 valence electrons. The van der Waals surface area contributed by atoms with E-state index in [4.69, 9.17) is 10.8 Å². The number of aliphatic hydroxyl groups excluding tert-OH is 1. The van der Waals surface area contributed by atoms with Gasteiger partial charge in [-0.3, -0.25) is 0 Å². The molecule has 0 spiro atoms. The maximum Gasteiger partial charge on any atom is 0.159 e. The predicted octanol–water partition coefficient (Wildman–Crippen LogP) is 1.29. The largest absolute Gasteiger partial charge is 0.396 e. The third-order valence-corrected chi connectivity index (χ3v) is 2.70. The molecule has 0 aliphatic carbocycles. The molecule has 5 heteroatoms. The summed E-state index contributed by atoms with van der Waals surface area (Å²) in [6.07, 6.45) is 0.566. The Labute approximate surface area is 77.4 Å². The monoisotopic (exact) mass is 236 g/mol. The highest BCUT2D eigenvalue weighted by atomic mass is 79.9. The van der Waals surface area contributed by atoms with Crippen molar-refractivity contribution in [3.63, 3.8) is 0 Å². The Morgan fingerprint density at radius 1 is 1.82 bits per heavy atom. The molecule has 0 amide bonds. The van der Waals surface area contributed by atoms with E-state index >= 15 is 0 Å². The SMILES string of the molecule is NC(CCO)c1csc(Br)n1. The highest BCUT2D eigenvalue weighted by Gasteiger charge is 2.08. The minimum atomic E-state index is -0.137. The lowest BCUT2D eigenvalue weighted by Gasteiger charge is -2.04. The Kier molecular flexibility index (Phi) is 3.45. The number of aromatic nitrogens is 1. The quantitative estimate of drug-likeness (QED) is 0.832. The fourth-order valence-electron chi connectivity index (χ4n) is 0.720. The summed E-state index contributed by atoms with van der Waals surface area (Å²) in [5.74, 6) is 0. The molecular formula is C6H9BrN2OS. The summed E-state index contributed by atoms with van der Waals surface area (Å²) in [5, 5.41) is 10.5. The number of rotatable bonds is 3. The summed E-state index contributed by atoms with van der Waals surface area (Å²) in [4.78, 5) is 4.13. The second-order valence-electron chi connectivity index (χ2n) is 2.14. The van der Waals surface area contributed by atoms with Gasteiger partial charge in [-0.2, -0.15) is 0 Å².